The molecule has 0 aliphatic heterocycles. The molecule has 2 rings (SSSR count). The lowest BCUT2D eigenvalue weighted by Gasteiger charge is -2.24. The molecule has 2 aromatic rings. The lowest BCUT2D eigenvalue weighted by molar-refractivity contribution is -0.0837. The summed E-state index contributed by atoms with van der Waals surface area (Å²) in [4.78, 5) is 12.0. The molecule has 0 bridgehead atoms. The monoisotopic (exact) mass is 306 g/mol. The van der Waals surface area contributed by atoms with Crippen molar-refractivity contribution in [1.82, 2.24) is 0 Å². The smallest absolute Gasteiger partial charge is 0.338 e. The maximum absolute atomic E-state index is 14.0. The Morgan fingerprint density at radius 1 is 1.09 bits per heavy atom. The van der Waals surface area contributed by atoms with Gasteiger partial charge in [0.25, 0.3) is 0 Å². The molecule has 114 valence electrons. The van der Waals surface area contributed by atoms with Gasteiger partial charge in [-0.25, -0.2) is 9.18 Å². The van der Waals surface area contributed by atoms with Gasteiger partial charge in [-0.1, -0.05) is 36.9 Å². The van der Waals surface area contributed by atoms with Gasteiger partial charge in [0.15, 0.2) is 6.10 Å². The van der Waals surface area contributed by atoms with Crippen molar-refractivity contribution in [2.75, 3.05) is 0 Å². The molecule has 0 aliphatic rings. The van der Waals surface area contributed by atoms with Gasteiger partial charge in [0.05, 0.1) is 5.56 Å². The molecular formula is C17H13F3O2. The Bertz CT molecular complexity index is 651. The lowest BCUT2D eigenvalue weighted by Crippen LogP contribution is -2.28. The van der Waals surface area contributed by atoms with E-state index in [0.29, 0.717) is 6.08 Å². The molecule has 0 N–H and O–H groups in total. The van der Waals surface area contributed by atoms with Crippen molar-refractivity contribution in [3.63, 3.8) is 0 Å². The zero-order valence-electron chi connectivity index (χ0n) is 11.5. The third-order valence-electron chi connectivity index (χ3n) is 3.03. The molecule has 0 aromatic heterocycles. The van der Waals surface area contributed by atoms with E-state index >= 15 is 0 Å². The van der Waals surface area contributed by atoms with E-state index < -0.39 is 23.8 Å². The molecule has 0 aliphatic carbocycles. The van der Waals surface area contributed by atoms with E-state index in [-0.39, 0.29) is 11.1 Å². The molecule has 1 unspecified atom stereocenters. The second kappa shape index (κ2) is 6.47. The van der Waals surface area contributed by atoms with Crippen molar-refractivity contribution in [3.05, 3.63) is 84.2 Å². The van der Waals surface area contributed by atoms with E-state index in [1.54, 1.807) is 18.2 Å². The largest absolute Gasteiger partial charge is 0.447 e. The summed E-state index contributed by atoms with van der Waals surface area (Å²) >= 11 is 0. The molecule has 0 amide bonds. The number of halogens is 3. The fourth-order valence-electron chi connectivity index (χ4n) is 1.86. The number of hydrogen-bond donors (Lipinski definition) is 0. The molecule has 1 atom stereocenters. The van der Waals surface area contributed by atoms with Gasteiger partial charge >= 0.3 is 11.9 Å². The van der Waals surface area contributed by atoms with Gasteiger partial charge in [0.1, 0.15) is 5.82 Å². The maximum atomic E-state index is 14.0. The van der Waals surface area contributed by atoms with E-state index in [4.69, 9.17) is 4.74 Å². The third-order valence-corrected chi connectivity index (χ3v) is 3.03. The van der Waals surface area contributed by atoms with Crippen LogP contribution in [-0.4, -0.2) is 11.9 Å². The second-order valence-corrected chi connectivity index (χ2v) is 4.58. The molecule has 0 heterocycles. The first kappa shape index (κ1) is 15.8. The van der Waals surface area contributed by atoms with Gasteiger partial charge in [-0.05, 0) is 35.9 Å². The lowest BCUT2D eigenvalue weighted by atomic mass is 10.0. The van der Waals surface area contributed by atoms with Crippen LogP contribution in [0.25, 0.3) is 0 Å². The molecule has 0 fully saturated rings. The first-order valence-corrected chi connectivity index (χ1v) is 6.47. The Labute approximate surface area is 125 Å². The number of carbonyl (C=O) groups is 1. The van der Waals surface area contributed by atoms with Crippen LogP contribution in [0.5, 0.6) is 0 Å². The van der Waals surface area contributed by atoms with Crippen molar-refractivity contribution in [3.8, 4) is 0 Å². The van der Waals surface area contributed by atoms with Crippen molar-refractivity contribution < 1.29 is 22.7 Å². The van der Waals surface area contributed by atoms with Gasteiger partial charge in [-0.2, -0.15) is 8.78 Å². The van der Waals surface area contributed by atoms with Crippen LogP contribution < -0.4 is 0 Å². The van der Waals surface area contributed by atoms with Gasteiger partial charge in [-0.15, -0.1) is 0 Å². The zero-order valence-corrected chi connectivity index (χ0v) is 11.5. The first-order chi connectivity index (χ1) is 10.4. The Hall–Kier alpha value is -2.56. The van der Waals surface area contributed by atoms with Gasteiger partial charge < -0.3 is 4.74 Å². The number of carbonyl (C=O) groups excluding carboxylic acids is 1. The maximum Gasteiger partial charge on any atom is 0.338 e. The number of alkyl halides is 2. The summed E-state index contributed by atoms with van der Waals surface area (Å²) < 4.78 is 45.7. The van der Waals surface area contributed by atoms with Gasteiger partial charge in [-0.3, -0.25) is 0 Å². The molecule has 2 aromatic carbocycles. The summed E-state index contributed by atoms with van der Waals surface area (Å²) in [6.45, 7) is 3.08. The van der Waals surface area contributed by atoms with Gasteiger partial charge in [0, 0.05) is 0 Å². The van der Waals surface area contributed by atoms with Crippen LogP contribution in [0, 0.1) is 5.82 Å². The van der Waals surface area contributed by atoms with E-state index in [0.717, 1.165) is 12.1 Å². The Morgan fingerprint density at radius 3 is 2.23 bits per heavy atom. The standard InChI is InChI=1S/C17H13F3O2/c1-2-17(19,20)15(12-6-4-3-5-7-12)22-16(21)13-8-10-14(18)11-9-13/h2-11,15H,1H2. The highest BCUT2D eigenvalue weighted by Crippen LogP contribution is 2.36. The summed E-state index contributed by atoms with van der Waals surface area (Å²) in [6.07, 6.45) is -1.37. The zero-order chi connectivity index (χ0) is 16.2. The predicted octanol–water partition coefficient (Wildman–Crippen LogP) is 4.55. The summed E-state index contributed by atoms with van der Waals surface area (Å²) in [5.74, 6) is -4.93. The molecule has 5 heteroatoms. The number of hydrogen-bond acceptors (Lipinski definition) is 2. The average Bonchev–Trinajstić information content (AvgIpc) is 2.53. The van der Waals surface area contributed by atoms with E-state index in [2.05, 4.69) is 6.58 Å². The predicted molar refractivity (Wildman–Crippen MR) is 76.1 cm³/mol. The highest BCUT2D eigenvalue weighted by molar-refractivity contribution is 5.89. The third kappa shape index (κ3) is 3.55. The number of ether oxygens (including phenoxy) is 1. The first-order valence-electron chi connectivity index (χ1n) is 6.47. The molecular weight excluding hydrogens is 293 g/mol. The molecule has 0 saturated carbocycles. The van der Waals surface area contributed by atoms with Crippen LogP contribution in [0.2, 0.25) is 0 Å². The fraction of sp³-hybridized carbons (Fsp3) is 0.118. The van der Waals surface area contributed by atoms with Crippen LogP contribution in [0.4, 0.5) is 13.2 Å². The average molecular weight is 306 g/mol. The number of rotatable bonds is 5. The summed E-state index contributed by atoms with van der Waals surface area (Å²) in [5, 5.41) is 0. The van der Waals surface area contributed by atoms with E-state index in [9.17, 15) is 18.0 Å². The second-order valence-electron chi connectivity index (χ2n) is 4.58. The SMILES string of the molecule is C=CC(F)(F)C(OC(=O)c1ccc(F)cc1)c1ccccc1. The molecule has 22 heavy (non-hydrogen) atoms. The molecule has 2 nitrogen and oxygen atoms in total. The van der Waals surface area contributed by atoms with Crippen LogP contribution in [0.3, 0.4) is 0 Å². The topological polar surface area (TPSA) is 26.3 Å². The van der Waals surface area contributed by atoms with Crippen molar-refractivity contribution in [1.29, 1.82) is 0 Å². The summed E-state index contributed by atoms with van der Waals surface area (Å²) in [5.41, 5.74) is 0.130. The van der Waals surface area contributed by atoms with Crippen molar-refractivity contribution in [2.24, 2.45) is 0 Å². The normalized spacial score (nSPS) is 12.5. The van der Waals surface area contributed by atoms with Crippen molar-refractivity contribution >= 4 is 5.97 Å². The number of esters is 1. The van der Waals surface area contributed by atoms with Crippen molar-refractivity contribution in [2.45, 2.75) is 12.0 Å². The van der Waals surface area contributed by atoms with Crippen LogP contribution in [0.15, 0.2) is 67.3 Å². The molecule has 0 saturated heterocycles. The fourth-order valence-corrected chi connectivity index (χ4v) is 1.86. The van der Waals surface area contributed by atoms with E-state index in [1.165, 1.54) is 24.3 Å². The van der Waals surface area contributed by atoms with Crippen LogP contribution in [-0.2, 0) is 4.74 Å². The summed E-state index contributed by atoms with van der Waals surface area (Å²) in [7, 11) is 0. The molecule has 0 radical (unpaired) electrons. The minimum Gasteiger partial charge on any atom is -0.447 e. The summed E-state index contributed by atoms with van der Waals surface area (Å²) in [6, 6.07) is 12.1. The van der Waals surface area contributed by atoms with Gasteiger partial charge in [0.2, 0.25) is 0 Å². The van der Waals surface area contributed by atoms with Crippen LogP contribution in [0.1, 0.15) is 22.0 Å². The Balaban J connectivity index is 2.29. The Kier molecular flexibility index (Phi) is 4.65. The minimum atomic E-state index is -3.43. The van der Waals surface area contributed by atoms with Crippen LogP contribution >= 0.6 is 0 Å². The highest BCUT2D eigenvalue weighted by Gasteiger charge is 2.40. The molecule has 0 spiro atoms. The Morgan fingerprint density at radius 2 is 1.68 bits per heavy atom. The minimum absolute atomic E-state index is 0.0119. The van der Waals surface area contributed by atoms with E-state index in [1.807, 2.05) is 0 Å². The number of benzene rings is 2. The quantitative estimate of drug-likeness (QED) is 0.598. The highest BCUT2D eigenvalue weighted by atomic mass is 19.3.